The molecule has 0 saturated carbocycles. The van der Waals surface area contributed by atoms with Gasteiger partial charge in [0, 0.05) is 13.0 Å². The van der Waals surface area contributed by atoms with Crippen LogP contribution in [0.25, 0.3) is 0 Å². The van der Waals surface area contributed by atoms with E-state index in [9.17, 15) is 19.2 Å². The molecule has 0 aromatic carbocycles. The van der Waals surface area contributed by atoms with Crippen LogP contribution in [0, 0.1) is 5.92 Å². The van der Waals surface area contributed by atoms with Gasteiger partial charge >= 0.3 is 5.97 Å². The number of nitrogens with two attached hydrogens (primary N) is 1. The minimum Gasteiger partial charge on any atom is -0.481 e. The van der Waals surface area contributed by atoms with E-state index in [1.807, 2.05) is 0 Å². The molecule has 2 atom stereocenters. The molecule has 0 aromatic heterocycles. The second kappa shape index (κ2) is 18.6. The molecule has 0 aliphatic heterocycles. The Labute approximate surface area is 187 Å². The fourth-order valence-electron chi connectivity index (χ4n) is 3.29. The van der Waals surface area contributed by atoms with Gasteiger partial charge in [-0.1, -0.05) is 78.1 Å². The van der Waals surface area contributed by atoms with E-state index in [-0.39, 0.29) is 25.3 Å². The molecule has 8 nitrogen and oxygen atoms in total. The largest absolute Gasteiger partial charge is 0.481 e. The third-order valence-corrected chi connectivity index (χ3v) is 5.36. The standard InChI is InChI=1S/C23H43N3O5/c1-3-4-5-6-7-8-9-10-11-12-13-14-21(28)26-19(17-20(24)27)22(29)25-16-15-18(2)23(30)31/h18-19H,3-17H2,1-2H3,(H2,24,27)(H,25,29)(H,26,28)(H,30,31)/t18-,19-/m1/s1. The first-order chi connectivity index (χ1) is 14.8. The fourth-order valence-corrected chi connectivity index (χ4v) is 3.29. The maximum Gasteiger partial charge on any atom is 0.306 e. The zero-order valence-electron chi connectivity index (χ0n) is 19.4. The summed E-state index contributed by atoms with van der Waals surface area (Å²) in [7, 11) is 0. The average molecular weight is 442 g/mol. The summed E-state index contributed by atoms with van der Waals surface area (Å²) in [5.74, 6) is -3.03. The number of hydrogen-bond donors (Lipinski definition) is 4. The molecule has 0 heterocycles. The fraction of sp³-hybridized carbons (Fsp3) is 0.826. The first-order valence-corrected chi connectivity index (χ1v) is 11.9. The summed E-state index contributed by atoms with van der Waals surface area (Å²) in [5, 5.41) is 14.0. The van der Waals surface area contributed by atoms with Gasteiger partial charge in [-0.15, -0.1) is 0 Å². The molecule has 31 heavy (non-hydrogen) atoms. The molecule has 0 fully saturated rings. The summed E-state index contributed by atoms with van der Waals surface area (Å²) in [4.78, 5) is 46.4. The molecule has 0 radical (unpaired) electrons. The normalized spacial score (nSPS) is 12.7. The second-order valence-electron chi connectivity index (χ2n) is 8.40. The number of primary amides is 1. The van der Waals surface area contributed by atoms with Crippen molar-refractivity contribution in [2.24, 2.45) is 11.7 Å². The molecule has 0 saturated heterocycles. The number of carboxylic acids is 1. The van der Waals surface area contributed by atoms with Crippen LogP contribution < -0.4 is 16.4 Å². The van der Waals surface area contributed by atoms with E-state index in [4.69, 9.17) is 10.8 Å². The van der Waals surface area contributed by atoms with Crippen molar-refractivity contribution in [3.8, 4) is 0 Å². The Morgan fingerprint density at radius 3 is 1.87 bits per heavy atom. The van der Waals surface area contributed by atoms with Gasteiger partial charge < -0.3 is 21.5 Å². The van der Waals surface area contributed by atoms with Crippen molar-refractivity contribution in [2.45, 2.75) is 110 Å². The highest BCUT2D eigenvalue weighted by atomic mass is 16.4. The van der Waals surface area contributed by atoms with Gasteiger partial charge in [0.15, 0.2) is 0 Å². The summed E-state index contributed by atoms with van der Waals surface area (Å²) in [6, 6.07) is -1.03. The van der Waals surface area contributed by atoms with Crippen molar-refractivity contribution < 1.29 is 24.3 Å². The number of carbonyl (C=O) groups is 4. The Balaban J connectivity index is 4.02. The van der Waals surface area contributed by atoms with E-state index in [1.165, 1.54) is 51.4 Å². The minimum absolute atomic E-state index is 0.149. The van der Waals surface area contributed by atoms with Crippen LogP contribution in [0.2, 0.25) is 0 Å². The summed E-state index contributed by atoms with van der Waals surface area (Å²) in [5.41, 5.74) is 5.19. The molecule has 0 bridgehead atoms. The van der Waals surface area contributed by atoms with Gasteiger partial charge in [-0.05, 0) is 12.8 Å². The van der Waals surface area contributed by atoms with E-state index in [1.54, 1.807) is 6.92 Å². The Morgan fingerprint density at radius 2 is 1.39 bits per heavy atom. The van der Waals surface area contributed by atoms with Gasteiger partial charge in [-0.3, -0.25) is 19.2 Å². The number of amides is 3. The minimum atomic E-state index is -1.03. The van der Waals surface area contributed by atoms with E-state index in [2.05, 4.69) is 17.6 Å². The summed E-state index contributed by atoms with van der Waals surface area (Å²) >= 11 is 0. The van der Waals surface area contributed by atoms with E-state index in [0.29, 0.717) is 6.42 Å². The van der Waals surface area contributed by atoms with Crippen LogP contribution in [0.4, 0.5) is 0 Å². The zero-order chi connectivity index (χ0) is 23.5. The topological polar surface area (TPSA) is 139 Å². The smallest absolute Gasteiger partial charge is 0.306 e. The van der Waals surface area contributed by atoms with Crippen molar-refractivity contribution in [3.63, 3.8) is 0 Å². The molecule has 3 amide bonds. The Hall–Kier alpha value is -2.12. The van der Waals surface area contributed by atoms with Crippen molar-refractivity contribution >= 4 is 23.7 Å². The summed E-state index contributed by atoms with van der Waals surface area (Å²) < 4.78 is 0. The SMILES string of the molecule is CCCCCCCCCCCCCC(=O)N[C@H](CC(N)=O)C(=O)NCC[C@@H](C)C(=O)O. The molecule has 0 aliphatic carbocycles. The van der Waals surface area contributed by atoms with Gasteiger partial charge in [-0.25, -0.2) is 0 Å². The Kier molecular flexibility index (Phi) is 17.4. The molecule has 0 unspecified atom stereocenters. The van der Waals surface area contributed by atoms with Crippen molar-refractivity contribution in [1.82, 2.24) is 10.6 Å². The Bertz CT molecular complexity index is 539. The first-order valence-electron chi connectivity index (χ1n) is 11.9. The molecule has 180 valence electrons. The number of rotatable bonds is 20. The van der Waals surface area contributed by atoms with Crippen LogP contribution >= 0.6 is 0 Å². The molecular weight excluding hydrogens is 398 g/mol. The predicted molar refractivity (Wildman–Crippen MR) is 121 cm³/mol. The number of aliphatic carboxylic acids is 1. The average Bonchev–Trinajstić information content (AvgIpc) is 2.70. The maximum atomic E-state index is 12.2. The third-order valence-electron chi connectivity index (χ3n) is 5.36. The van der Waals surface area contributed by atoms with Crippen molar-refractivity contribution in [3.05, 3.63) is 0 Å². The Morgan fingerprint density at radius 1 is 0.871 bits per heavy atom. The van der Waals surface area contributed by atoms with E-state index >= 15 is 0 Å². The lowest BCUT2D eigenvalue weighted by molar-refractivity contribution is -0.141. The van der Waals surface area contributed by atoms with E-state index < -0.39 is 29.7 Å². The number of unbranched alkanes of at least 4 members (excludes halogenated alkanes) is 10. The first kappa shape index (κ1) is 28.9. The highest BCUT2D eigenvalue weighted by Gasteiger charge is 2.23. The van der Waals surface area contributed by atoms with Gasteiger partial charge in [0.05, 0.1) is 12.3 Å². The van der Waals surface area contributed by atoms with Crippen LogP contribution in [-0.4, -0.2) is 41.4 Å². The molecule has 0 spiro atoms. The maximum absolute atomic E-state index is 12.2. The molecule has 0 rings (SSSR count). The van der Waals surface area contributed by atoms with E-state index in [0.717, 1.165) is 19.3 Å². The molecule has 0 aromatic rings. The highest BCUT2D eigenvalue weighted by molar-refractivity contribution is 5.91. The predicted octanol–water partition coefficient (Wildman–Crippen LogP) is 3.27. The summed E-state index contributed by atoms with van der Waals surface area (Å²) in [6.07, 6.45) is 13.3. The highest BCUT2D eigenvalue weighted by Crippen LogP contribution is 2.12. The quantitative estimate of drug-likeness (QED) is 0.215. The zero-order valence-corrected chi connectivity index (χ0v) is 19.4. The van der Waals surface area contributed by atoms with Gasteiger partial charge in [0.25, 0.3) is 0 Å². The van der Waals surface area contributed by atoms with Crippen LogP contribution in [0.1, 0.15) is 104 Å². The number of carboxylic acid groups (broad SMARTS) is 1. The van der Waals surface area contributed by atoms with Gasteiger partial charge in [-0.2, -0.15) is 0 Å². The van der Waals surface area contributed by atoms with Crippen molar-refractivity contribution in [1.29, 1.82) is 0 Å². The third kappa shape index (κ3) is 17.3. The summed E-state index contributed by atoms with van der Waals surface area (Å²) in [6.45, 7) is 3.92. The van der Waals surface area contributed by atoms with Gasteiger partial charge in [0.1, 0.15) is 6.04 Å². The molecule has 5 N–H and O–H groups in total. The van der Waals surface area contributed by atoms with Crippen LogP contribution in [0.5, 0.6) is 0 Å². The lowest BCUT2D eigenvalue weighted by atomic mass is 10.0. The molecular formula is C23H43N3O5. The van der Waals surface area contributed by atoms with Crippen LogP contribution in [0.3, 0.4) is 0 Å². The lowest BCUT2D eigenvalue weighted by Crippen LogP contribution is -2.48. The van der Waals surface area contributed by atoms with Crippen LogP contribution in [0.15, 0.2) is 0 Å². The molecule has 0 aliphatic rings. The number of hydrogen-bond acceptors (Lipinski definition) is 4. The van der Waals surface area contributed by atoms with Gasteiger partial charge in [0.2, 0.25) is 17.7 Å². The number of nitrogens with one attached hydrogen (secondary N) is 2. The van der Waals surface area contributed by atoms with Crippen molar-refractivity contribution in [2.75, 3.05) is 6.54 Å². The molecule has 8 heteroatoms. The second-order valence-corrected chi connectivity index (χ2v) is 8.40. The van der Waals surface area contributed by atoms with Crippen LogP contribution in [-0.2, 0) is 19.2 Å². The number of carbonyl (C=O) groups excluding carboxylic acids is 3. The lowest BCUT2D eigenvalue weighted by Gasteiger charge is -2.17. The monoisotopic (exact) mass is 441 g/mol.